The molecule has 0 aliphatic rings. The molecule has 4 heteroatoms. The zero-order chi connectivity index (χ0) is 9.35. The number of nitrogens with zero attached hydrogens (tertiary/aromatic N) is 3. The lowest BCUT2D eigenvalue weighted by Gasteiger charge is -2.20. The Morgan fingerprint density at radius 2 is 2.17 bits per heavy atom. The van der Waals surface area contributed by atoms with Crippen molar-refractivity contribution in [2.75, 3.05) is 5.73 Å². The summed E-state index contributed by atoms with van der Waals surface area (Å²) in [5.41, 5.74) is 5.95. The van der Waals surface area contributed by atoms with Gasteiger partial charge in [0.25, 0.3) is 0 Å². The summed E-state index contributed by atoms with van der Waals surface area (Å²) in [6.07, 6.45) is 1.49. The number of aromatic nitrogens is 2. The summed E-state index contributed by atoms with van der Waals surface area (Å²) in [6, 6.07) is 1.98. The number of hydrogen-bond donors (Lipinski definition) is 1. The second-order valence-corrected chi connectivity index (χ2v) is 3.64. The molecule has 0 bridgehead atoms. The first-order valence-corrected chi connectivity index (χ1v) is 3.71. The van der Waals surface area contributed by atoms with E-state index in [4.69, 9.17) is 11.0 Å². The van der Waals surface area contributed by atoms with E-state index in [2.05, 4.69) is 5.10 Å². The topological polar surface area (TPSA) is 67.6 Å². The number of nitriles is 1. The minimum absolute atomic E-state index is 0.167. The van der Waals surface area contributed by atoms with Crippen LogP contribution in [0.4, 0.5) is 5.82 Å². The maximum absolute atomic E-state index is 8.61. The molecule has 64 valence electrons. The number of nitrogen functional groups attached to an aromatic ring is 1. The van der Waals surface area contributed by atoms with Gasteiger partial charge in [-0.3, -0.25) is 0 Å². The lowest BCUT2D eigenvalue weighted by atomic mass is 10.1. The fourth-order valence-corrected chi connectivity index (χ4v) is 0.979. The molecule has 0 atom stereocenters. The van der Waals surface area contributed by atoms with Crippen LogP contribution >= 0.6 is 0 Å². The number of anilines is 1. The van der Waals surface area contributed by atoms with E-state index in [1.807, 2.05) is 26.8 Å². The summed E-state index contributed by atoms with van der Waals surface area (Å²) >= 11 is 0. The Bertz CT molecular complexity index is 324. The number of rotatable bonds is 0. The molecule has 2 N–H and O–H groups in total. The molecule has 1 aromatic rings. The molecule has 0 aliphatic heterocycles. The van der Waals surface area contributed by atoms with E-state index in [9.17, 15) is 0 Å². The van der Waals surface area contributed by atoms with Crippen molar-refractivity contribution in [2.45, 2.75) is 26.3 Å². The maximum atomic E-state index is 8.61. The van der Waals surface area contributed by atoms with Crippen LogP contribution in [-0.2, 0) is 5.54 Å². The van der Waals surface area contributed by atoms with Crippen molar-refractivity contribution in [2.24, 2.45) is 0 Å². The standard InChI is InChI=1S/C8H12N4/c1-8(2,3)12-7(10)6(4-9)5-11-12/h5H,10H2,1-3H3. The van der Waals surface area contributed by atoms with Crippen LogP contribution in [0.3, 0.4) is 0 Å². The Balaban J connectivity index is 3.22. The van der Waals surface area contributed by atoms with Crippen molar-refractivity contribution >= 4 is 5.82 Å². The first kappa shape index (κ1) is 8.60. The highest BCUT2D eigenvalue weighted by molar-refractivity contribution is 5.47. The highest BCUT2D eigenvalue weighted by Crippen LogP contribution is 2.19. The van der Waals surface area contributed by atoms with Crippen LogP contribution in [0.2, 0.25) is 0 Å². The second kappa shape index (κ2) is 2.52. The van der Waals surface area contributed by atoms with Gasteiger partial charge in [-0.25, -0.2) is 4.68 Å². The van der Waals surface area contributed by atoms with Gasteiger partial charge in [0.15, 0.2) is 0 Å². The van der Waals surface area contributed by atoms with Crippen LogP contribution in [0, 0.1) is 11.3 Å². The second-order valence-electron chi connectivity index (χ2n) is 3.64. The fourth-order valence-electron chi connectivity index (χ4n) is 0.979. The summed E-state index contributed by atoms with van der Waals surface area (Å²) in [5.74, 6) is 0.435. The summed E-state index contributed by atoms with van der Waals surface area (Å²) in [4.78, 5) is 0. The van der Waals surface area contributed by atoms with E-state index < -0.39 is 0 Å². The molecule has 0 aromatic carbocycles. The summed E-state index contributed by atoms with van der Waals surface area (Å²) in [6.45, 7) is 5.95. The van der Waals surface area contributed by atoms with Crippen molar-refractivity contribution in [3.63, 3.8) is 0 Å². The molecule has 4 nitrogen and oxygen atoms in total. The average molecular weight is 164 g/mol. The van der Waals surface area contributed by atoms with Crippen molar-refractivity contribution in [1.82, 2.24) is 9.78 Å². The minimum atomic E-state index is -0.167. The molecule has 1 aromatic heterocycles. The van der Waals surface area contributed by atoms with Gasteiger partial charge in [-0.2, -0.15) is 10.4 Å². The molecule has 1 rings (SSSR count). The highest BCUT2D eigenvalue weighted by atomic mass is 15.3. The van der Waals surface area contributed by atoms with Gasteiger partial charge >= 0.3 is 0 Å². The third-order valence-corrected chi connectivity index (χ3v) is 1.56. The third kappa shape index (κ3) is 1.26. The molecule has 1 heterocycles. The normalized spacial score (nSPS) is 11.2. The quantitative estimate of drug-likeness (QED) is 0.624. The molecule has 0 saturated heterocycles. The first-order valence-electron chi connectivity index (χ1n) is 3.71. The summed E-state index contributed by atoms with van der Waals surface area (Å²) < 4.78 is 1.64. The van der Waals surface area contributed by atoms with Gasteiger partial charge in [-0.15, -0.1) is 0 Å². The molecular formula is C8H12N4. The van der Waals surface area contributed by atoms with Crippen LogP contribution in [0.5, 0.6) is 0 Å². The van der Waals surface area contributed by atoms with E-state index in [1.54, 1.807) is 4.68 Å². The SMILES string of the molecule is CC(C)(C)n1ncc(C#N)c1N. The predicted octanol–water partition coefficient (Wildman–Crippen LogP) is 1.09. The minimum Gasteiger partial charge on any atom is -0.383 e. The van der Waals surface area contributed by atoms with E-state index in [0.29, 0.717) is 11.4 Å². The molecule has 0 unspecified atom stereocenters. The van der Waals surface area contributed by atoms with Gasteiger partial charge in [-0.1, -0.05) is 0 Å². The monoisotopic (exact) mass is 164 g/mol. The Kier molecular flexibility index (Phi) is 1.81. The highest BCUT2D eigenvalue weighted by Gasteiger charge is 2.18. The lowest BCUT2D eigenvalue weighted by Crippen LogP contribution is -2.24. The number of hydrogen-bond acceptors (Lipinski definition) is 3. The van der Waals surface area contributed by atoms with Crippen LogP contribution < -0.4 is 5.73 Å². The lowest BCUT2D eigenvalue weighted by molar-refractivity contribution is 0.361. The number of nitrogens with two attached hydrogens (primary N) is 1. The average Bonchev–Trinajstić information content (AvgIpc) is 2.29. The van der Waals surface area contributed by atoms with Gasteiger partial charge < -0.3 is 5.73 Å². The Morgan fingerprint density at radius 1 is 1.58 bits per heavy atom. The molecule has 0 amide bonds. The zero-order valence-electron chi connectivity index (χ0n) is 7.50. The van der Waals surface area contributed by atoms with Crippen LogP contribution in [-0.4, -0.2) is 9.78 Å². The Morgan fingerprint density at radius 3 is 2.42 bits per heavy atom. The molecule has 0 saturated carbocycles. The van der Waals surface area contributed by atoms with Gasteiger partial charge in [-0.05, 0) is 20.8 Å². The molecule has 0 aliphatic carbocycles. The van der Waals surface area contributed by atoms with Crippen LogP contribution in [0.15, 0.2) is 6.20 Å². The van der Waals surface area contributed by atoms with Gasteiger partial charge in [0, 0.05) is 0 Å². The molecular weight excluding hydrogens is 152 g/mol. The van der Waals surface area contributed by atoms with Gasteiger partial charge in [0.1, 0.15) is 17.5 Å². The van der Waals surface area contributed by atoms with E-state index in [1.165, 1.54) is 6.20 Å². The zero-order valence-corrected chi connectivity index (χ0v) is 7.50. The van der Waals surface area contributed by atoms with Crippen molar-refractivity contribution < 1.29 is 0 Å². The largest absolute Gasteiger partial charge is 0.383 e. The van der Waals surface area contributed by atoms with Crippen LogP contribution in [0.25, 0.3) is 0 Å². The first-order chi connectivity index (χ1) is 5.46. The molecule has 0 fully saturated rings. The molecule has 0 radical (unpaired) electrons. The van der Waals surface area contributed by atoms with Gasteiger partial charge in [0.2, 0.25) is 0 Å². The van der Waals surface area contributed by atoms with E-state index in [-0.39, 0.29) is 5.54 Å². The van der Waals surface area contributed by atoms with Crippen LogP contribution in [0.1, 0.15) is 26.3 Å². The van der Waals surface area contributed by atoms with E-state index >= 15 is 0 Å². The smallest absolute Gasteiger partial charge is 0.140 e. The summed E-state index contributed by atoms with van der Waals surface area (Å²) in [5, 5.41) is 12.6. The van der Waals surface area contributed by atoms with Gasteiger partial charge in [0.05, 0.1) is 11.7 Å². The Hall–Kier alpha value is -1.50. The van der Waals surface area contributed by atoms with Crippen molar-refractivity contribution in [3.8, 4) is 6.07 Å². The fraction of sp³-hybridized carbons (Fsp3) is 0.500. The molecule has 0 spiro atoms. The summed E-state index contributed by atoms with van der Waals surface area (Å²) in [7, 11) is 0. The Labute approximate surface area is 71.6 Å². The van der Waals surface area contributed by atoms with Crippen molar-refractivity contribution in [1.29, 1.82) is 5.26 Å². The third-order valence-electron chi connectivity index (χ3n) is 1.56. The molecule has 12 heavy (non-hydrogen) atoms. The maximum Gasteiger partial charge on any atom is 0.140 e. The van der Waals surface area contributed by atoms with Crippen molar-refractivity contribution in [3.05, 3.63) is 11.8 Å². The predicted molar refractivity (Wildman–Crippen MR) is 46.4 cm³/mol. The van der Waals surface area contributed by atoms with E-state index in [0.717, 1.165) is 0 Å².